The molecule has 0 fully saturated rings. The molecule has 2 aromatic rings. The lowest BCUT2D eigenvalue weighted by atomic mass is 10.1. The Bertz CT molecular complexity index is 434. The van der Waals surface area contributed by atoms with Crippen LogP contribution in [0.3, 0.4) is 0 Å². The molecule has 2 heterocycles. The molecule has 2 rings (SSSR count). The number of aromatic nitrogens is 3. The van der Waals surface area contributed by atoms with Crippen LogP contribution in [0.2, 0.25) is 0 Å². The summed E-state index contributed by atoms with van der Waals surface area (Å²) < 4.78 is 0. The van der Waals surface area contributed by atoms with Crippen LogP contribution in [0.5, 0.6) is 0 Å². The second-order valence-electron chi connectivity index (χ2n) is 3.60. The van der Waals surface area contributed by atoms with Crippen molar-refractivity contribution >= 4 is 11.0 Å². The minimum absolute atomic E-state index is 0. The van der Waals surface area contributed by atoms with Crippen LogP contribution in [0.1, 0.15) is 32.7 Å². The summed E-state index contributed by atoms with van der Waals surface area (Å²) in [4.78, 5) is 11.9. The molecule has 0 spiro atoms. The van der Waals surface area contributed by atoms with Gasteiger partial charge in [0.1, 0.15) is 5.82 Å². The largest absolute Gasteiger partial charge is 0.341 e. The molecule has 0 amide bonds. The van der Waals surface area contributed by atoms with Crippen molar-refractivity contribution < 1.29 is 1.43 Å². The maximum absolute atomic E-state index is 4.36. The molecule has 70 valence electrons. The third kappa shape index (κ3) is 1.41. The number of hydrogen-bond acceptors (Lipinski definition) is 2. The quantitative estimate of drug-likeness (QED) is 0.727. The molecule has 0 saturated carbocycles. The Hall–Kier alpha value is -1.38. The van der Waals surface area contributed by atoms with Crippen LogP contribution in [0.15, 0.2) is 12.3 Å². The monoisotopic (exact) mass is 177 g/mol. The van der Waals surface area contributed by atoms with Crippen LogP contribution in [0, 0.1) is 6.92 Å². The summed E-state index contributed by atoms with van der Waals surface area (Å²) in [6.45, 7) is 6.22. The van der Waals surface area contributed by atoms with Gasteiger partial charge in [-0.25, -0.2) is 4.98 Å². The molecular formula is C10H15N3. The minimum Gasteiger partial charge on any atom is -0.341 e. The fourth-order valence-electron chi connectivity index (χ4n) is 1.37. The highest BCUT2D eigenvalue weighted by Gasteiger charge is 2.04. The standard InChI is InChI=1S/C10H13N3.H2/c1-6(2)8-4-9-10(5-11-8)13-7(3)12-9;/h4-6H,1-3H3,(H,12,13);1H. The van der Waals surface area contributed by atoms with Gasteiger partial charge in [0, 0.05) is 7.12 Å². The van der Waals surface area contributed by atoms with E-state index in [1.54, 1.807) is 0 Å². The van der Waals surface area contributed by atoms with E-state index < -0.39 is 0 Å². The molecule has 2 aromatic heterocycles. The average Bonchev–Trinajstić information content (AvgIpc) is 2.42. The highest BCUT2D eigenvalue weighted by molar-refractivity contribution is 5.74. The number of rotatable bonds is 1. The first-order chi connectivity index (χ1) is 6.16. The highest BCUT2D eigenvalue weighted by atomic mass is 14.9. The summed E-state index contributed by atoms with van der Waals surface area (Å²) in [6, 6.07) is 2.05. The number of fused-ring (bicyclic) bond motifs is 1. The molecule has 0 aliphatic carbocycles. The lowest BCUT2D eigenvalue weighted by Gasteiger charge is -2.01. The van der Waals surface area contributed by atoms with Gasteiger partial charge in [-0.1, -0.05) is 13.8 Å². The first kappa shape index (κ1) is 8.23. The third-order valence-corrected chi connectivity index (χ3v) is 2.10. The Morgan fingerprint density at radius 2 is 2.23 bits per heavy atom. The van der Waals surface area contributed by atoms with Crippen LogP contribution in [0.4, 0.5) is 0 Å². The van der Waals surface area contributed by atoms with E-state index in [1.165, 1.54) is 0 Å². The summed E-state index contributed by atoms with van der Waals surface area (Å²) in [6.07, 6.45) is 1.85. The molecule has 0 aliphatic rings. The van der Waals surface area contributed by atoms with Crippen molar-refractivity contribution in [3.63, 3.8) is 0 Å². The van der Waals surface area contributed by atoms with E-state index >= 15 is 0 Å². The molecule has 3 heteroatoms. The molecule has 0 atom stereocenters. The fraction of sp³-hybridized carbons (Fsp3) is 0.400. The molecule has 3 nitrogen and oxygen atoms in total. The van der Waals surface area contributed by atoms with Gasteiger partial charge >= 0.3 is 0 Å². The number of H-pyrrole nitrogens is 1. The van der Waals surface area contributed by atoms with Gasteiger partial charge in [0.15, 0.2) is 0 Å². The predicted octanol–water partition coefficient (Wildman–Crippen LogP) is 2.64. The zero-order valence-corrected chi connectivity index (χ0v) is 8.13. The van der Waals surface area contributed by atoms with Crippen molar-refractivity contribution in [1.82, 2.24) is 15.0 Å². The van der Waals surface area contributed by atoms with Crippen LogP contribution >= 0.6 is 0 Å². The molecule has 0 saturated heterocycles. The molecule has 0 aromatic carbocycles. The van der Waals surface area contributed by atoms with E-state index in [-0.39, 0.29) is 1.43 Å². The number of nitrogens with one attached hydrogen (secondary N) is 1. The van der Waals surface area contributed by atoms with Crippen molar-refractivity contribution in [1.29, 1.82) is 0 Å². The maximum Gasteiger partial charge on any atom is 0.104 e. The number of nitrogens with zero attached hydrogens (tertiary/aromatic N) is 2. The summed E-state index contributed by atoms with van der Waals surface area (Å²) in [5.41, 5.74) is 3.12. The van der Waals surface area contributed by atoms with Gasteiger partial charge in [0.25, 0.3) is 0 Å². The van der Waals surface area contributed by atoms with Crippen LogP contribution in [0.25, 0.3) is 11.0 Å². The highest BCUT2D eigenvalue weighted by Crippen LogP contribution is 2.16. The number of aromatic amines is 1. The van der Waals surface area contributed by atoms with E-state index in [9.17, 15) is 0 Å². The lowest BCUT2D eigenvalue weighted by molar-refractivity contribution is 0.825. The summed E-state index contributed by atoms with van der Waals surface area (Å²) >= 11 is 0. The Morgan fingerprint density at radius 3 is 2.92 bits per heavy atom. The molecule has 0 unspecified atom stereocenters. The minimum atomic E-state index is 0. The van der Waals surface area contributed by atoms with E-state index in [2.05, 4.69) is 28.8 Å². The first-order valence-electron chi connectivity index (χ1n) is 4.49. The Kier molecular flexibility index (Phi) is 1.79. The molecule has 0 radical (unpaired) electrons. The number of aryl methyl sites for hydroxylation is 1. The number of imidazole rings is 1. The molecular weight excluding hydrogens is 162 g/mol. The Labute approximate surface area is 78.7 Å². The second kappa shape index (κ2) is 2.83. The lowest BCUT2D eigenvalue weighted by Crippen LogP contribution is -1.91. The van der Waals surface area contributed by atoms with Crippen molar-refractivity contribution in [2.45, 2.75) is 26.7 Å². The van der Waals surface area contributed by atoms with Crippen molar-refractivity contribution in [3.05, 3.63) is 23.8 Å². The zero-order chi connectivity index (χ0) is 9.42. The third-order valence-electron chi connectivity index (χ3n) is 2.10. The van der Waals surface area contributed by atoms with Crippen LogP contribution in [-0.2, 0) is 0 Å². The maximum atomic E-state index is 4.36. The van der Waals surface area contributed by atoms with Crippen molar-refractivity contribution in [2.24, 2.45) is 0 Å². The Morgan fingerprint density at radius 1 is 1.46 bits per heavy atom. The van der Waals surface area contributed by atoms with Gasteiger partial charge in [-0.15, -0.1) is 0 Å². The van der Waals surface area contributed by atoms with Gasteiger partial charge < -0.3 is 4.98 Å². The zero-order valence-electron chi connectivity index (χ0n) is 8.13. The second-order valence-corrected chi connectivity index (χ2v) is 3.60. The normalized spacial score (nSPS) is 11.4. The predicted molar refractivity (Wildman–Crippen MR) is 54.8 cm³/mol. The van der Waals surface area contributed by atoms with Crippen LogP contribution in [-0.4, -0.2) is 15.0 Å². The number of pyridine rings is 1. The molecule has 0 bridgehead atoms. The summed E-state index contributed by atoms with van der Waals surface area (Å²) in [5.74, 6) is 1.40. The molecule has 13 heavy (non-hydrogen) atoms. The van der Waals surface area contributed by atoms with E-state index in [4.69, 9.17) is 0 Å². The van der Waals surface area contributed by atoms with Gasteiger partial charge in [-0.3, -0.25) is 4.98 Å². The van der Waals surface area contributed by atoms with Crippen LogP contribution < -0.4 is 0 Å². The smallest absolute Gasteiger partial charge is 0.104 e. The Balaban J connectivity index is 0.000000980. The SMILES string of the molecule is Cc1nc2cc(C(C)C)ncc2[nH]1.[HH]. The van der Waals surface area contributed by atoms with Gasteiger partial charge in [0.2, 0.25) is 0 Å². The molecule has 0 aliphatic heterocycles. The summed E-state index contributed by atoms with van der Waals surface area (Å²) in [7, 11) is 0. The van der Waals surface area contributed by atoms with Crippen molar-refractivity contribution in [3.8, 4) is 0 Å². The van der Waals surface area contributed by atoms with Gasteiger partial charge in [-0.2, -0.15) is 0 Å². The first-order valence-corrected chi connectivity index (χ1v) is 4.49. The van der Waals surface area contributed by atoms with Crippen molar-refractivity contribution in [2.75, 3.05) is 0 Å². The van der Waals surface area contributed by atoms with Gasteiger partial charge in [-0.05, 0) is 18.9 Å². The van der Waals surface area contributed by atoms with E-state index in [0.29, 0.717) is 5.92 Å². The fourth-order valence-corrected chi connectivity index (χ4v) is 1.37. The van der Waals surface area contributed by atoms with E-state index in [1.807, 2.05) is 19.2 Å². The van der Waals surface area contributed by atoms with E-state index in [0.717, 1.165) is 22.6 Å². The summed E-state index contributed by atoms with van der Waals surface area (Å²) in [5, 5.41) is 0. The van der Waals surface area contributed by atoms with Gasteiger partial charge in [0.05, 0.1) is 17.2 Å². The molecule has 1 N–H and O–H groups in total. The topological polar surface area (TPSA) is 41.6 Å². The average molecular weight is 177 g/mol. The number of hydrogen-bond donors (Lipinski definition) is 1.